The minimum atomic E-state index is -4.13. The molecule has 174 valence electrons. The molecule has 3 aromatic rings. The Morgan fingerprint density at radius 3 is 2.42 bits per heavy atom. The second kappa shape index (κ2) is 8.41. The quantitative estimate of drug-likeness (QED) is 0.410. The van der Waals surface area contributed by atoms with Crippen molar-refractivity contribution in [2.75, 3.05) is 11.0 Å². The Kier molecular flexibility index (Phi) is 6.04. The molecule has 0 bridgehead atoms. The number of halogens is 1. The van der Waals surface area contributed by atoms with Gasteiger partial charge >= 0.3 is 5.97 Å². The molecule has 2 unspecified atom stereocenters. The molecule has 2 aromatic carbocycles. The summed E-state index contributed by atoms with van der Waals surface area (Å²) in [6.45, 7) is 0. The van der Waals surface area contributed by atoms with Gasteiger partial charge in [-0.25, -0.2) is 16.8 Å². The lowest BCUT2D eigenvalue weighted by molar-refractivity contribution is -0.140. The third kappa shape index (κ3) is 5.07. The van der Waals surface area contributed by atoms with Crippen molar-refractivity contribution in [2.24, 2.45) is 0 Å². The number of carboxylic acids is 1. The summed E-state index contributed by atoms with van der Waals surface area (Å²) in [5.74, 6) is -1.95. The Bertz CT molecular complexity index is 1430. The summed E-state index contributed by atoms with van der Waals surface area (Å²) in [6, 6.07) is 16.3. The van der Waals surface area contributed by atoms with Gasteiger partial charge in [0.05, 0.1) is 6.26 Å². The third-order valence-electron chi connectivity index (χ3n) is 5.23. The van der Waals surface area contributed by atoms with Crippen molar-refractivity contribution in [3.63, 3.8) is 0 Å². The van der Waals surface area contributed by atoms with Crippen LogP contribution in [0.4, 0.5) is 5.69 Å². The molecule has 12 heteroatoms. The Labute approximate surface area is 200 Å². The van der Waals surface area contributed by atoms with E-state index in [1.807, 2.05) is 0 Å². The van der Waals surface area contributed by atoms with E-state index in [4.69, 9.17) is 11.6 Å². The molecule has 0 amide bonds. The topological polar surface area (TPSA) is 130 Å². The summed E-state index contributed by atoms with van der Waals surface area (Å²) in [6.07, 6.45) is 1.05. The van der Waals surface area contributed by atoms with E-state index in [2.05, 4.69) is 9.44 Å². The van der Waals surface area contributed by atoms with Gasteiger partial charge in [0.15, 0.2) is 0 Å². The van der Waals surface area contributed by atoms with Crippen LogP contribution in [0.5, 0.6) is 0 Å². The van der Waals surface area contributed by atoms with Gasteiger partial charge in [-0.3, -0.25) is 9.52 Å². The zero-order chi connectivity index (χ0) is 24.0. The van der Waals surface area contributed by atoms with E-state index in [-0.39, 0.29) is 16.3 Å². The second-order valence-corrected chi connectivity index (χ2v) is 12.9. The van der Waals surface area contributed by atoms with Crippen molar-refractivity contribution < 1.29 is 26.7 Å². The average Bonchev–Trinajstić information content (AvgIpc) is 3.21. The fraction of sp³-hybridized carbons (Fsp3) is 0.190. The van der Waals surface area contributed by atoms with Crippen LogP contribution in [0.2, 0.25) is 5.02 Å². The molecule has 2 atom stereocenters. The minimum Gasteiger partial charge on any atom is -0.480 e. The van der Waals surface area contributed by atoms with Gasteiger partial charge in [0, 0.05) is 21.5 Å². The standard InChI is InChI=1S/C21H19ClN2O6S3/c1-32(27,28)23-16-4-2-3-14(11-16)17-12-21(17,20(25)26)24-33(29,30)19-10-9-18(31-19)13-5-7-15(22)8-6-13/h2-11,17,23-24H,12H2,1H3,(H,25,26). The van der Waals surface area contributed by atoms with Crippen LogP contribution < -0.4 is 9.44 Å². The number of anilines is 1. The Morgan fingerprint density at radius 1 is 1.09 bits per heavy atom. The highest BCUT2D eigenvalue weighted by Gasteiger charge is 2.63. The molecule has 1 heterocycles. The van der Waals surface area contributed by atoms with Crippen molar-refractivity contribution in [1.82, 2.24) is 4.72 Å². The fourth-order valence-electron chi connectivity index (χ4n) is 3.62. The van der Waals surface area contributed by atoms with Gasteiger partial charge in [0.25, 0.3) is 10.0 Å². The van der Waals surface area contributed by atoms with Crippen LogP contribution in [0.15, 0.2) is 64.9 Å². The number of sulfonamides is 2. The monoisotopic (exact) mass is 526 g/mol. The van der Waals surface area contributed by atoms with Crippen LogP contribution in [0.25, 0.3) is 10.4 Å². The predicted molar refractivity (Wildman–Crippen MR) is 128 cm³/mol. The van der Waals surface area contributed by atoms with Gasteiger partial charge in [-0.15, -0.1) is 11.3 Å². The lowest BCUT2D eigenvalue weighted by Gasteiger charge is -2.15. The molecule has 4 rings (SSSR count). The molecule has 0 spiro atoms. The van der Waals surface area contributed by atoms with E-state index in [9.17, 15) is 26.7 Å². The number of hydrogen-bond acceptors (Lipinski definition) is 6. The maximum Gasteiger partial charge on any atom is 0.325 e. The highest BCUT2D eigenvalue weighted by atomic mass is 35.5. The SMILES string of the molecule is CS(=O)(=O)Nc1cccc(C2CC2(NS(=O)(=O)c2ccc(-c3ccc(Cl)cc3)s2)C(=O)O)c1. The molecular formula is C21H19ClN2O6S3. The summed E-state index contributed by atoms with van der Waals surface area (Å²) in [5.41, 5.74) is -0.137. The molecule has 8 nitrogen and oxygen atoms in total. The first kappa shape index (κ1) is 23.7. The van der Waals surface area contributed by atoms with Gasteiger partial charge < -0.3 is 5.11 Å². The molecule has 33 heavy (non-hydrogen) atoms. The fourth-order valence-corrected chi connectivity index (χ4v) is 7.01. The van der Waals surface area contributed by atoms with E-state index in [1.54, 1.807) is 42.5 Å². The normalized spacial score (nSPS) is 20.4. The zero-order valence-electron chi connectivity index (χ0n) is 17.1. The smallest absolute Gasteiger partial charge is 0.325 e. The predicted octanol–water partition coefficient (Wildman–Crippen LogP) is 3.73. The number of benzene rings is 2. The van der Waals surface area contributed by atoms with E-state index in [0.29, 0.717) is 15.5 Å². The summed E-state index contributed by atoms with van der Waals surface area (Å²) in [4.78, 5) is 12.8. The van der Waals surface area contributed by atoms with Crippen LogP contribution in [-0.4, -0.2) is 39.7 Å². The highest BCUT2D eigenvalue weighted by molar-refractivity contribution is 7.92. The molecule has 1 aromatic heterocycles. The van der Waals surface area contributed by atoms with Crippen molar-refractivity contribution in [2.45, 2.75) is 22.1 Å². The molecule has 0 aliphatic heterocycles. The first-order valence-corrected chi connectivity index (χ1v) is 14.2. The lowest BCUT2D eigenvalue weighted by Crippen LogP contribution is -2.44. The molecule has 0 saturated heterocycles. The van der Waals surface area contributed by atoms with E-state index in [1.165, 1.54) is 18.2 Å². The minimum absolute atomic E-state index is 0.00813. The van der Waals surface area contributed by atoms with Crippen molar-refractivity contribution in [1.29, 1.82) is 0 Å². The number of carbonyl (C=O) groups is 1. The average molecular weight is 527 g/mol. The van der Waals surface area contributed by atoms with Gasteiger partial charge in [0.1, 0.15) is 9.75 Å². The summed E-state index contributed by atoms with van der Waals surface area (Å²) in [7, 11) is -7.64. The van der Waals surface area contributed by atoms with Crippen LogP contribution in [0.1, 0.15) is 17.9 Å². The van der Waals surface area contributed by atoms with Crippen LogP contribution in [0, 0.1) is 0 Å². The van der Waals surface area contributed by atoms with Gasteiger partial charge in [-0.1, -0.05) is 35.9 Å². The lowest BCUT2D eigenvalue weighted by atomic mass is 10.1. The molecule has 1 aliphatic rings. The number of nitrogens with one attached hydrogen (secondary N) is 2. The van der Waals surface area contributed by atoms with E-state index < -0.39 is 37.5 Å². The third-order valence-corrected chi connectivity index (χ3v) is 9.22. The molecule has 1 fully saturated rings. The summed E-state index contributed by atoms with van der Waals surface area (Å²) < 4.78 is 53.8. The maximum absolute atomic E-state index is 13.0. The second-order valence-electron chi connectivity index (χ2n) is 7.76. The first-order valence-electron chi connectivity index (χ1n) is 9.60. The Balaban J connectivity index is 1.59. The summed E-state index contributed by atoms with van der Waals surface area (Å²) >= 11 is 6.92. The van der Waals surface area contributed by atoms with Crippen LogP contribution in [-0.2, 0) is 24.8 Å². The van der Waals surface area contributed by atoms with Crippen molar-refractivity contribution >= 4 is 54.6 Å². The number of hydrogen-bond donors (Lipinski definition) is 3. The van der Waals surface area contributed by atoms with Crippen LogP contribution in [0.3, 0.4) is 0 Å². The van der Waals surface area contributed by atoms with E-state index in [0.717, 1.165) is 23.2 Å². The van der Waals surface area contributed by atoms with Crippen LogP contribution >= 0.6 is 22.9 Å². The van der Waals surface area contributed by atoms with Gasteiger partial charge in [-0.05, 0) is 53.9 Å². The number of thiophene rings is 1. The zero-order valence-corrected chi connectivity index (χ0v) is 20.4. The first-order chi connectivity index (χ1) is 15.4. The Morgan fingerprint density at radius 2 is 1.79 bits per heavy atom. The van der Waals surface area contributed by atoms with E-state index >= 15 is 0 Å². The maximum atomic E-state index is 13.0. The molecule has 0 radical (unpaired) electrons. The number of rotatable bonds is 8. The Hall–Kier alpha value is -2.44. The number of aliphatic carboxylic acids is 1. The largest absolute Gasteiger partial charge is 0.480 e. The van der Waals surface area contributed by atoms with Gasteiger partial charge in [-0.2, -0.15) is 4.72 Å². The molecule has 1 aliphatic carbocycles. The van der Waals surface area contributed by atoms with Crippen molar-refractivity contribution in [3.05, 3.63) is 71.2 Å². The molecule has 1 saturated carbocycles. The summed E-state index contributed by atoms with van der Waals surface area (Å²) in [5, 5.41) is 10.4. The van der Waals surface area contributed by atoms with Crippen molar-refractivity contribution in [3.8, 4) is 10.4 Å². The number of carboxylic acid groups (broad SMARTS) is 1. The molecule has 3 N–H and O–H groups in total. The molecular weight excluding hydrogens is 508 g/mol. The van der Waals surface area contributed by atoms with Gasteiger partial charge in [0.2, 0.25) is 10.0 Å². The highest BCUT2D eigenvalue weighted by Crippen LogP contribution is 2.53.